The van der Waals surface area contributed by atoms with Crippen molar-refractivity contribution in [2.24, 2.45) is 4.99 Å². The minimum Gasteiger partial charge on any atom is -0.257 e. The molecule has 0 heterocycles. The van der Waals surface area contributed by atoms with Crippen molar-refractivity contribution in [1.82, 2.24) is 0 Å². The van der Waals surface area contributed by atoms with Crippen LogP contribution in [0, 0.1) is 0 Å². The van der Waals surface area contributed by atoms with E-state index in [1.807, 2.05) is 36.5 Å². The lowest BCUT2D eigenvalue weighted by Crippen LogP contribution is -2.12. The Hall–Kier alpha value is -2.76. The molecule has 4 rings (SSSR count). The van der Waals surface area contributed by atoms with Crippen molar-refractivity contribution >= 4 is 30.4 Å². The number of rotatable bonds is 5. The van der Waals surface area contributed by atoms with E-state index in [1.54, 1.807) is 0 Å². The summed E-state index contributed by atoms with van der Waals surface area (Å²) in [7, 11) is -0.570. The van der Waals surface area contributed by atoms with Gasteiger partial charge in [0.25, 0.3) is 0 Å². The molecule has 0 saturated carbocycles. The number of benzene rings is 3. The van der Waals surface area contributed by atoms with Gasteiger partial charge in [-0.2, -0.15) is 0 Å². The number of allylic oxidation sites excluding steroid dienone is 4. The fourth-order valence-corrected chi connectivity index (χ4v) is 5.58. The lowest BCUT2D eigenvalue weighted by molar-refractivity contribution is 1.37. The smallest absolute Gasteiger partial charge is 0.0629 e. The maximum Gasteiger partial charge on any atom is 0.0629 e. The Balaban J connectivity index is 1.76. The number of aliphatic imine (C=N–C) groups is 1. The third-order valence-corrected chi connectivity index (χ3v) is 6.88. The van der Waals surface area contributed by atoms with Gasteiger partial charge >= 0.3 is 0 Å². The number of nitrogens with zero attached hydrogens (tertiary/aromatic N) is 1. The Kier molecular flexibility index (Phi) is 5.19. The summed E-state index contributed by atoms with van der Waals surface area (Å²) in [5.74, 6) is 0. The molecule has 0 aromatic heterocycles. The van der Waals surface area contributed by atoms with Gasteiger partial charge in [-0.3, -0.25) is 4.99 Å². The summed E-state index contributed by atoms with van der Waals surface area (Å²) in [5.41, 5.74) is 2.31. The molecule has 26 heavy (non-hydrogen) atoms. The Bertz CT molecular complexity index is 902. The maximum atomic E-state index is 4.70. The third-order valence-electron chi connectivity index (χ3n) is 4.34. The van der Waals surface area contributed by atoms with Gasteiger partial charge in [0.05, 0.1) is 5.69 Å². The molecule has 0 N–H and O–H groups in total. The SMILES string of the molecule is C1=CC(P(c2ccccc2)c2ccccc2)=C(C=Nc2ccccc2)C1. The van der Waals surface area contributed by atoms with Crippen LogP contribution in [0.25, 0.3) is 0 Å². The first-order valence-electron chi connectivity index (χ1n) is 8.81. The highest BCUT2D eigenvalue weighted by Gasteiger charge is 2.21. The monoisotopic (exact) mass is 353 g/mol. The van der Waals surface area contributed by atoms with Crippen molar-refractivity contribution in [1.29, 1.82) is 0 Å². The van der Waals surface area contributed by atoms with Crippen molar-refractivity contribution in [3.8, 4) is 0 Å². The van der Waals surface area contributed by atoms with Gasteiger partial charge in [-0.25, -0.2) is 0 Å². The number of para-hydroxylation sites is 1. The summed E-state index contributed by atoms with van der Waals surface area (Å²) in [6, 6.07) is 31.8. The first kappa shape index (κ1) is 16.7. The molecule has 0 spiro atoms. The highest BCUT2D eigenvalue weighted by atomic mass is 31.1. The highest BCUT2D eigenvalue weighted by molar-refractivity contribution is 7.77. The van der Waals surface area contributed by atoms with Gasteiger partial charge in [0.1, 0.15) is 0 Å². The molecule has 0 fully saturated rings. The predicted octanol–water partition coefficient (Wildman–Crippen LogP) is 5.74. The largest absolute Gasteiger partial charge is 0.257 e. The molecule has 126 valence electrons. The van der Waals surface area contributed by atoms with E-state index in [9.17, 15) is 0 Å². The van der Waals surface area contributed by atoms with Gasteiger partial charge in [0, 0.05) is 6.21 Å². The fourth-order valence-electron chi connectivity index (χ4n) is 3.09. The molecule has 0 amide bonds. The quantitative estimate of drug-likeness (QED) is 0.410. The molecule has 3 aromatic rings. The van der Waals surface area contributed by atoms with Crippen molar-refractivity contribution in [2.45, 2.75) is 6.42 Å². The average Bonchev–Trinajstić information content (AvgIpc) is 3.17. The zero-order valence-electron chi connectivity index (χ0n) is 14.5. The molecule has 1 aliphatic carbocycles. The van der Waals surface area contributed by atoms with Crippen LogP contribution in [0.5, 0.6) is 0 Å². The van der Waals surface area contributed by atoms with Crippen molar-refractivity contribution in [3.63, 3.8) is 0 Å². The molecule has 0 atom stereocenters. The Morgan fingerprint density at radius 3 is 1.81 bits per heavy atom. The van der Waals surface area contributed by atoms with Crippen LogP contribution in [0.2, 0.25) is 0 Å². The van der Waals surface area contributed by atoms with Gasteiger partial charge in [-0.15, -0.1) is 0 Å². The Morgan fingerprint density at radius 2 is 1.23 bits per heavy atom. The molecule has 0 unspecified atom stereocenters. The molecule has 0 bridgehead atoms. The van der Waals surface area contributed by atoms with Gasteiger partial charge in [0.15, 0.2) is 0 Å². The van der Waals surface area contributed by atoms with Gasteiger partial charge in [0.2, 0.25) is 0 Å². The third kappa shape index (κ3) is 3.74. The van der Waals surface area contributed by atoms with Crippen LogP contribution >= 0.6 is 7.92 Å². The zero-order valence-corrected chi connectivity index (χ0v) is 15.4. The van der Waals surface area contributed by atoms with Gasteiger partial charge < -0.3 is 0 Å². The molecule has 2 heteroatoms. The van der Waals surface area contributed by atoms with Crippen molar-refractivity contribution in [2.75, 3.05) is 0 Å². The van der Waals surface area contributed by atoms with Crippen LogP contribution in [-0.2, 0) is 0 Å². The number of hydrogen-bond acceptors (Lipinski definition) is 1. The average molecular weight is 353 g/mol. The highest BCUT2D eigenvalue weighted by Crippen LogP contribution is 2.47. The zero-order chi connectivity index (χ0) is 17.6. The minimum atomic E-state index is -0.570. The standard InChI is InChI=1S/C24H20NP/c1-4-12-21(13-5-1)25-19-20-11-10-18-24(20)26(22-14-6-2-7-15-22)23-16-8-3-9-17-23/h1-10,12-19H,11H2. The lowest BCUT2D eigenvalue weighted by atomic mass is 10.2. The van der Waals surface area contributed by atoms with E-state index in [0.717, 1.165) is 12.1 Å². The fraction of sp³-hybridized carbons (Fsp3) is 0.0417. The van der Waals surface area contributed by atoms with Crippen LogP contribution in [0.4, 0.5) is 5.69 Å². The summed E-state index contributed by atoms with van der Waals surface area (Å²) in [5, 5.41) is 4.15. The first-order valence-corrected chi connectivity index (χ1v) is 10.1. The van der Waals surface area contributed by atoms with Crippen LogP contribution < -0.4 is 10.6 Å². The molecule has 1 nitrogen and oxygen atoms in total. The summed E-state index contributed by atoms with van der Waals surface area (Å²) < 4.78 is 0. The maximum absolute atomic E-state index is 4.70. The van der Waals surface area contributed by atoms with E-state index >= 15 is 0 Å². The molecule has 0 saturated heterocycles. The van der Waals surface area contributed by atoms with Gasteiger partial charge in [-0.05, 0) is 48.0 Å². The van der Waals surface area contributed by atoms with Crippen molar-refractivity contribution < 1.29 is 0 Å². The van der Waals surface area contributed by atoms with Gasteiger partial charge in [-0.1, -0.05) is 91.0 Å². The van der Waals surface area contributed by atoms with E-state index < -0.39 is 7.92 Å². The minimum absolute atomic E-state index is 0.570. The molecule has 1 aliphatic rings. The lowest BCUT2D eigenvalue weighted by Gasteiger charge is -2.20. The topological polar surface area (TPSA) is 12.4 Å². The molecular weight excluding hydrogens is 333 g/mol. The molecular formula is C24H20NP. The van der Waals surface area contributed by atoms with E-state index in [1.165, 1.54) is 21.5 Å². The molecule has 0 radical (unpaired) electrons. The molecule has 0 aliphatic heterocycles. The van der Waals surface area contributed by atoms with E-state index in [-0.39, 0.29) is 0 Å². The van der Waals surface area contributed by atoms with E-state index in [4.69, 9.17) is 4.99 Å². The second kappa shape index (κ2) is 8.08. The van der Waals surface area contributed by atoms with E-state index in [0.29, 0.717) is 0 Å². The summed E-state index contributed by atoms with van der Waals surface area (Å²) in [4.78, 5) is 4.70. The van der Waals surface area contributed by atoms with E-state index in [2.05, 4.69) is 72.8 Å². The molecule has 3 aromatic carbocycles. The second-order valence-corrected chi connectivity index (χ2v) is 8.30. The number of hydrogen-bond donors (Lipinski definition) is 0. The predicted molar refractivity (Wildman–Crippen MR) is 114 cm³/mol. The van der Waals surface area contributed by atoms with Crippen LogP contribution in [0.15, 0.2) is 119 Å². The summed E-state index contributed by atoms with van der Waals surface area (Å²) in [6.45, 7) is 0. The summed E-state index contributed by atoms with van der Waals surface area (Å²) in [6.07, 6.45) is 7.54. The first-order chi connectivity index (χ1) is 12.9. The van der Waals surface area contributed by atoms with Crippen LogP contribution in [0.3, 0.4) is 0 Å². The summed E-state index contributed by atoms with van der Waals surface area (Å²) >= 11 is 0. The Morgan fingerprint density at radius 1 is 0.692 bits per heavy atom. The second-order valence-electron chi connectivity index (χ2n) is 6.12. The van der Waals surface area contributed by atoms with Crippen LogP contribution in [0.1, 0.15) is 6.42 Å². The Labute approximate surface area is 156 Å². The van der Waals surface area contributed by atoms with Crippen molar-refractivity contribution in [3.05, 3.63) is 114 Å². The normalized spacial score (nSPS) is 13.9. The van der Waals surface area contributed by atoms with Crippen LogP contribution in [-0.4, -0.2) is 6.21 Å².